The van der Waals surface area contributed by atoms with E-state index in [9.17, 15) is 4.79 Å². The highest BCUT2D eigenvalue weighted by Crippen LogP contribution is 2.21. The molecule has 0 aliphatic heterocycles. The molecule has 0 aromatic rings. The van der Waals surface area contributed by atoms with Gasteiger partial charge in [0.25, 0.3) is 0 Å². The van der Waals surface area contributed by atoms with Crippen LogP contribution in [0.1, 0.15) is 113 Å². The Labute approximate surface area is 176 Å². The van der Waals surface area contributed by atoms with E-state index in [0.29, 0.717) is 0 Å². The second-order valence-corrected chi connectivity index (χ2v) is 8.81. The number of aliphatic hydroxyl groups is 1. The van der Waals surface area contributed by atoms with Crippen LogP contribution in [0.5, 0.6) is 0 Å². The maximum Gasteiger partial charge on any atom is 0.311 e. The van der Waals surface area contributed by atoms with Gasteiger partial charge in [0.2, 0.25) is 0 Å². The Bertz CT molecular complexity index is 319. The van der Waals surface area contributed by atoms with Crippen LogP contribution in [0.4, 0.5) is 0 Å². The lowest BCUT2D eigenvalue weighted by molar-refractivity contribution is -0.900. The van der Waals surface area contributed by atoms with Gasteiger partial charge in [0.15, 0.2) is 0 Å². The number of quaternary nitrogens is 1. The molecule has 0 spiro atoms. The van der Waals surface area contributed by atoms with Crippen LogP contribution in [0.15, 0.2) is 0 Å². The summed E-state index contributed by atoms with van der Waals surface area (Å²) in [5, 5.41) is 8.86. The SMILES string of the molecule is CCC(C)(C)C(=O)OCC(C)O.CCCCC[NH+](CCCCC)CCCCC. The number of ether oxygens (including phenoxy) is 1. The number of carbonyl (C=O) groups is 1. The zero-order valence-corrected chi connectivity index (χ0v) is 20.2. The van der Waals surface area contributed by atoms with Gasteiger partial charge in [-0.1, -0.05) is 47.0 Å². The van der Waals surface area contributed by atoms with Crippen LogP contribution < -0.4 is 4.90 Å². The summed E-state index contributed by atoms with van der Waals surface area (Å²) < 4.78 is 4.87. The zero-order valence-electron chi connectivity index (χ0n) is 20.2. The first-order valence-electron chi connectivity index (χ1n) is 11.9. The van der Waals surface area contributed by atoms with Crippen molar-refractivity contribution in [3.8, 4) is 0 Å². The van der Waals surface area contributed by atoms with Crippen LogP contribution in [0, 0.1) is 5.41 Å². The molecule has 0 aliphatic rings. The number of rotatable bonds is 16. The van der Waals surface area contributed by atoms with Gasteiger partial charge >= 0.3 is 5.97 Å². The Morgan fingerprint density at radius 1 is 0.857 bits per heavy atom. The molecule has 2 N–H and O–H groups in total. The molecule has 0 bridgehead atoms. The summed E-state index contributed by atoms with van der Waals surface area (Å²) in [4.78, 5) is 13.1. The number of nitrogens with one attached hydrogen (secondary N) is 1. The summed E-state index contributed by atoms with van der Waals surface area (Å²) >= 11 is 0. The molecule has 0 aromatic heterocycles. The summed E-state index contributed by atoms with van der Waals surface area (Å²) in [6.45, 7) is 18.4. The van der Waals surface area contributed by atoms with E-state index in [1.54, 1.807) is 6.92 Å². The van der Waals surface area contributed by atoms with E-state index in [1.807, 2.05) is 25.7 Å². The lowest BCUT2D eigenvalue weighted by Gasteiger charge is -2.20. The highest BCUT2D eigenvalue weighted by atomic mass is 16.5. The van der Waals surface area contributed by atoms with Crippen molar-refractivity contribution < 1.29 is 19.5 Å². The van der Waals surface area contributed by atoms with E-state index in [2.05, 4.69) is 20.8 Å². The van der Waals surface area contributed by atoms with Crippen molar-refractivity contribution in [2.75, 3.05) is 26.2 Å². The molecule has 0 aromatic carbocycles. The number of carbonyl (C=O) groups excluding carboxylic acids is 1. The number of hydrogen-bond acceptors (Lipinski definition) is 3. The van der Waals surface area contributed by atoms with Crippen LogP contribution in [-0.2, 0) is 9.53 Å². The summed E-state index contributed by atoms with van der Waals surface area (Å²) in [6.07, 6.45) is 12.8. The maximum atomic E-state index is 11.3. The monoisotopic (exact) mass is 402 g/mol. The molecule has 1 atom stereocenters. The van der Waals surface area contributed by atoms with Gasteiger partial charge in [-0.25, -0.2) is 0 Å². The molecule has 4 heteroatoms. The van der Waals surface area contributed by atoms with Crippen molar-refractivity contribution in [2.24, 2.45) is 5.41 Å². The number of hydrogen-bond donors (Lipinski definition) is 2. The van der Waals surface area contributed by atoms with Crippen LogP contribution in [-0.4, -0.2) is 43.4 Å². The van der Waals surface area contributed by atoms with Gasteiger partial charge in [0, 0.05) is 0 Å². The third-order valence-corrected chi connectivity index (χ3v) is 5.29. The minimum Gasteiger partial charge on any atom is -0.463 e. The minimum atomic E-state index is -0.582. The third kappa shape index (κ3) is 18.7. The number of unbranched alkanes of at least 4 members (excludes halogenated alkanes) is 6. The molecular formula is C24H52NO3+. The average molecular weight is 403 g/mol. The Balaban J connectivity index is 0. The van der Waals surface area contributed by atoms with E-state index in [1.165, 1.54) is 77.4 Å². The van der Waals surface area contributed by atoms with Gasteiger partial charge < -0.3 is 14.7 Å². The number of aliphatic hydroxyl groups excluding tert-OH is 1. The largest absolute Gasteiger partial charge is 0.463 e. The molecule has 28 heavy (non-hydrogen) atoms. The smallest absolute Gasteiger partial charge is 0.311 e. The van der Waals surface area contributed by atoms with Crippen LogP contribution in [0.25, 0.3) is 0 Å². The van der Waals surface area contributed by atoms with Gasteiger partial charge in [-0.3, -0.25) is 4.79 Å². The van der Waals surface area contributed by atoms with Gasteiger partial charge in [-0.15, -0.1) is 0 Å². The second kappa shape index (κ2) is 19.7. The zero-order chi connectivity index (χ0) is 21.8. The molecule has 0 fully saturated rings. The first-order valence-corrected chi connectivity index (χ1v) is 11.9. The molecule has 170 valence electrons. The van der Waals surface area contributed by atoms with Crippen molar-refractivity contribution in [1.29, 1.82) is 0 Å². The third-order valence-electron chi connectivity index (χ3n) is 5.29. The summed E-state index contributed by atoms with van der Waals surface area (Å²) in [5.41, 5.74) is -0.436. The number of esters is 1. The van der Waals surface area contributed by atoms with Gasteiger partial charge in [-0.2, -0.15) is 0 Å². The predicted molar refractivity (Wildman–Crippen MR) is 121 cm³/mol. The highest BCUT2D eigenvalue weighted by molar-refractivity contribution is 5.75. The Kier molecular flexibility index (Phi) is 20.8. The van der Waals surface area contributed by atoms with Crippen LogP contribution >= 0.6 is 0 Å². The van der Waals surface area contributed by atoms with Gasteiger partial charge in [-0.05, 0) is 65.7 Å². The molecule has 1 unspecified atom stereocenters. The Hall–Kier alpha value is -0.610. The normalized spacial score (nSPS) is 12.5. The van der Waals surface area contributed by atoms with E-state index < -0.39 is 11.5 Å². The van der Waals surface area contributed by atoms with E-state index in [0.717, 1.165) is 6.42 Å². The van der Waals surface area contributed by atoms with Crippen molar-refractivity contribution in [3.05, 3.63) is 0 Å². The molecule has 0 aliphatic carbocycles. The molecule has 4 nitrogen and oxygen atoms in total. The minimum absolute atomic E-state index is 0.0856. The first-order chi connectivity index (χ1) is 13.2. The Morgan fingerprint density at radius 3 is 1.54 bits per heavy atom. The van der Waals surface area contributed by atoms with E-state index in [4.69, 9.17) is 9.84 Å². The van der Waals surface area contributed by atoms with Crippen molar-refractivity contribution in [3.63, 3.8) is 0 Å². The second-order valence-electron chi connectivity index (χ2n) is 8.81. The predicted octanol–water partition coefficient (Wildman–Crippen LogP) is 4.79. The summed E-state index contributed by atoms with van der Waals surface area (Å²) in [5.74, 6) is -0.245. The fourth-order valence-corrected chi connectivity index (χ4v) is 2.79. The molecule has 0 radical (unpaired) electrons. The summed E-state index contributed by atoms with van der Waals surface area (Å²) in [6, 6.07) is 0. The molecule has 0 heterocycles. The molecule has 0 amide bonds. The van der Waals surface area contributed by atoms with Crippen molar-refractivity contribution in [1.82, 2.24) is 0 Å². The molecule has 0 rings (SSSR count). The average Bonchev–Trinajstić information content (AvgIpc) is 2.66. The lowest BCUT2D eigenvalue weighted by Crippen LogP contribution is -3.12. The van der Waals surface area contributed by atoms with Crippen molar-refractivity contribution >= 4 is 5.97 Å². The summed E-state index contributed by atoms with van der Waals surface area (Å²) in [7, 11) is 0. The standard InChI is InChI=1S/C15H33N.C9H18O3/c1-4-7-10-13-16(14-11-8-5-2)15-12-9-6-3;1-5-9(3,4)8(11)12-6-7(2)10/h4-15H2,1-3H3;7,10H,5-6H2,1-4H3/p+1. The van der Waals surface area contributed by atoms with Crippen LogP contribution in [0.3, 0.4) is 0 Å². The van der Waals surface area contributed by atoms with Crippen molar-refractivity contribution in [2.45, 2.75) is 119 Å². The first kappa shape index (κ1) is 29.6. The lowest BCUT2D eigenvalue weighted by atomic mass is 9.91. The Morgan fingerprint density at radius 2 is 1.25 bits per heavy atom. The van der Waals surface area contributed by atoms with E-state index in [-0.39, 0.29) is 12.6 Å². The van der Waals surface area contributed by atoms with Gasteiger partial charge in [0.05, 0.1) is 31.2 Å². The topological polar surface area (TPSA) is 51.0 Å². The molecule has 0 saturated carbocycles. The molecular weight excluding hydrogens is 350 g/mol. The fourth-order valence-electron chi connectivity index (χ4n) is 2.79. The maximum absolute atomic E-state index is 11.3. The van der Waals surface area contributed by atoms with Crippen LogP contribution in [0.2, 0.25) is 0 Å². The van der Waals surface area contributed by atoms with Gasteiger partial charge in [0.1, 0.15) is 6.61 Å². The molecule has 0 saturated heterocycles. The fraction of sp³-hybridized carbons (Fsp3) is 0.958. The van der Waals surface area contributed by atoms with E-state index >= 15 is 0 Å². The highest BCUT2D eigenvalue weighted by Gasteiger charge is 2.27. The quantitative estimate of drug-likeness (QED) is 0.288.